The quantitative estimate of drug-likeness (QED) is 0.910. The molecule has 0 spiro atoms. The van der Waals surface area contributed by atoms with E-state index in [0.717, 1.165) is 29.8 Å². The van der Waals surface area contributed by atoms with Gasteiger partial charge >= 0.3 is 5.97 Å². The summed E-state index contributed by atoms with van der Waals surface area (Å²) >= 11 is 1.72. The lowest BCUT2D eigenvalue weighted by atomic mass is 9.95. The number of aliphatic carboxylic acids is 1. The van der Waals surface area contributed by atoms with Crippen LogP contribution in [0.15, 0.2) is 11.4 Å². The van der Waals surface area contributed by atoms with E-state index in [1.54, 1.807) is 11.3 Å². The molecule has 1 aliphatic carbocycles. The van der Waals surface area contributed by atoms with Crippen molar-refractivity contribution in [1.29, 1.82) is 0 Å². The van der Waals surface area contributed by atoms with E-state index in [2.05, 4.69) is 5.10 Å². The van der Waals surface area contributed by atoms with Crippen LogP contribution in [0.1, 0.15) is 51.4 Å². The van der Waals surface area contributed by atoms with Gasteiger partial charge in [-0.3, -0.25) is 14.3 Å². The van der Waals surface area contributed by atoms with Gasteiger partial charge in [0.05, 0.1) is 36.5 Å². The van der Waals surface area contributed by atoms with Gasteiger partial charge in [0.2, 0.25) is 0 Å². The Hall–Kier alpha value is -2.15. The second-order valence-electron chi connectivity index (χ2n) is 6.73. The molecule has 132 valence electrons. The number of hydrogen-bond acceptors (Lipinski definition) is 4. The maximum Gasteiger partial charge on any atom is 0.303 e. The summed E-state index contributed by atoms with van der Waals surface area (Å²) in [6.07, 6.45) is 5.03. The fourth-order valence-electron chi connectivity index (χ4n) is 3.70. The van der Waals surface area contributed by atoms with Gasteiger partial charge in [0.25, 0.3) is 5.91 Å². The van der Waals surface area contributed by atoms with Crippen molar-refractivity contribution >= 4 is 23.2 Å². The highest BCUT2D eigenvalue weighted by molar-refractivity contribution is 7.10. The summed E-state index contributed by atoms with van der Waals surface area (Å²) in [5.74, 6) is -0.691. The molecule has 0 radical (unpaired) electrons. The number of fused-ring (bicyclic) bond motifs is 2. The Morgan fingerprint density at radius 1 is 1.24 bits per heavy atom. The van der Waals surface area contributed by atoms with Gasteiger partial charge in [0, 0.05) is 23.2 Å². The summed E-state index contributed by atoms with van der Waals surface area (Å²) in [5.41, 5.74) is 3.94. The Morgan fingerprint density at radius 2 is 2.08 bits per heavy atom. The molecule has 2 aromatic heterocycles. The predicted octanol–water partition coefficient (Wildman–Crippen LogP) is 2.50. The molecular weight excluding hydrogens is 338 g/mol. The minimum atomic E-state index is -0.815. The Labute approximate surface area is 150 Å². The van der Waals surface area contributed by atoms with E-state index >= 15 is 0 Å². The molecule has 0 atom stereocenters. The van der Waals surface area contributed by atoms with Crippen molar-refractivity contribution in [2.75, 3.05) is 6.54 Å². The number of rotatable bonds is 4. The van der Waals surface area contributed by atoms with E-state index in [0.29, 0.717) is 26.1 Å². The van der Waals surface area contributed by atoms with E-state index in [1.165, 1.54) is 23.3 Å². The van der Waals surface area contributed by atoms with E-state index in [1.807, 2.05) is 21.0 Å². The van der Waals surface area contributed by atoms with Crippen molar-refractivity contribution in [3.63, 3.8) is 0 Å². The molecule has 0 saturated heterocycles. The summed E-state index contributed by atoms with van der Waals surface area (Å²) in [5, 5.41) is 15.3. The van der Waals surface area contributed by atoms with Gasteiger partial charge < -0.3 is 10.0 Å². The molecule has 6 nitrogen and oxygen atoms in total. The molecule has 2 aliphatic rings. The van der Waals surface area contributed by atoms with Gasteiger partial charge in [-0.1, -0.05) is 0 Å². The molecule has 0 aromatic carbocycles. The van der Waals surface area contributed by atoms with Gasteiger partial charge in [-0.25, -0.2) is 0 Å². The molecule has 25 heavy (non-hydrogen) atoms. The first kappa shape index (κ1) is 16.3. The summed E-state index contributed by atoms with van der Waals surface area (Å²) in [6, 6.07) is 1.94. The van der Waals surface area contributed by atoms with Gasteiger partial charge in [-0.05, 0) is 37.3 Å². The number of amides is 1. The highest BCUT2D eigenvalue weighted by atomic mass is 32.1. The number of carbonyl (C=O) groups is 2. The molecule has 0 bridgehead atoms. The van der Waals surface area contributed by atoms with Crippen LogP contribution in [0.3, 0.4) is 0 Å². The highest BCUT2D eigenvalue weighted by Crippen LogP contribution is 2.31. The van der Waals surface area contributed by atoms with Crippen LogP contribution in [0.4, 0.5) is 0 Å². The Morgan fingerprint density at radius 3 is 2.92 bits per heavy atom. The molecule has 1 N–H and O–H groups in total. The molecule has 1 aliphatic heterocycles. The lowest BCUT2D eigenvalue weighted by Crippen LogP contribution is -2.38. The number of aryl methyl sites for hydroxylation is 2. The average Bonchev–Trinajstić information content (AvgIpc) is 3.22. The van der Waals surface area contributed by atoms with E-state index < -0.39 is 5.97 Å². The average molecular weight is 359 g/mol. The third-order valence-electron chi connectivity index (χ3n) is 5.02. The number of hydrogen-bond donors (Lipinski definition) is 1. The van der Waals surface area contributed by atoms with Gasteiger partial charge in [-0.15, -0.1) is 11.3 Å². The Balaban J connectivity index is 1.49. The zero-order chi connectivity index (χ0) is 17.4. The number of nitrogens with zero attached hydrogens (tertiary/aromatic N) is 3. The third-order valence-corrected chi connectivity index (χ3v) is 6.11. The first-order chi connectivity index (χ1) is 12.1. The molecule has 1 amide bonds. The van der Waals surface area contributed by atoms with Crippen molar-refractivity contribution in [2.45, 2.75) is 51.6 Å². The summed E-state index contributed by atoms with van der Waals surface area (Å²) in [7, 11) is 0. The van der Waals surface area contributed by atoms with Crippen molar-refractivity contribution < 1.29 is 14.7 Å². The van der Waals surface area contributed by atoms with Crippen molar-refractivity contribution in [2.24, 2.45) is 0 Å². The summed E-state index contributed by atoms with van der Waals surface area (Å²) in [4.78, 5) is 27.0. The lowest BCUT2D eigenvalue weighted by molar-refractivity contribution is -0.136. The normalized spacial score (nSPS) is 16.4. The molecule has 7 heteroatoms. The zero-order valence-corrected chi connectivity index (χ0v) is 14.8. The largest absolute Gasteiger partial charge is 0.481 e. The van der Waals surface area contributed by atoms with Crippen LogP contribution in [0.5, 0.6) is 0 Å². The summed E-state index contributed by atoms with van der Waals surface area (Å²) in [6.45, 7) is 1.86. The second-order valence-corrected chi connectivity index (χ2v) is 7.69. The van der Waals surface area contributed by atoms with Crippen molar-refractivity contribution in [3.8, 4) is 0 Å². The fraction of sp³-hybridized carbons (Fsp3) is 0.500. The summed E-state index contributed by atoms with van der Waals surface area (Å²) < 4.78 is 1.91. The fourth-order valence-corrected chi connectivity index (χ4v) is 4.82. The molecule has 0 unspecified atom stereocenters. The SMILES string of the molecule is O=C(O)CCc1cc2n(n1)CCN(C(=O)c1csc3c1CCCC3)C2. The third kappa shape index (κ3) is 3.20. The van der Waals surface area contributed by atoms with E-state index in [-0.39, 0.29) is 12.3 Å². The lowest BCUT2D eigenvalue weighted by Gasteiger charge is -2.28. The molecule has 3 heterocycles. The van der Waals surface area contributed by atoms with E-state index in [4.69, 9.17) is 5.11 Å². The number of aromatic nitrogens is 2. The van der Waals surface area contributed by atoms with Crippen LogP contribution < -0.4 is 0 Å². The van der Waals surface area contributed by atoms with Crippen molar-refractivity contribution in [3.05, 3.63) is 38.8 Å². The van der Waals surface area contributed by atoms with Gasteiger partial charge in [0.15, 0.2) is 0 Å². The first-order valence-corrected chi connectivity index (χ1v) is 9.65. The topological polar surface area (TPSA) is 75.4 Å². The van der Waals surface area contributed by atoms with Crippen LogP contribution in [0.2, 0.25) is 0 Å². The second kappa shape index (κ2) is 6.63. The minimum Gasteiger partial charge on any atom is -0.481 e. The monoisotopic (exact) mass is 359 g/mol. The van der Waals surface area contributed by atoms with Crippen LogP contribution in [-0.4, -0.2) is 38.2 Å². The van der Waals surface area contributed by atoms with Crippen LogP contribution in [0.25, 0.3) is 0 Å². The van der Waals surface area contributed by atoms with Gasteiger partial charge in [0.1, 0.15) is 0 Å². The molecule has 0 fully saturated rings. The van der Waals surface area contributed by atoms with Crippen LogP contribution >= 0.6 is 11.3 Å². The smallest absolute Gasteiger partial charge is 0.303 e. The van der Waals surface area contributed by atoms with Crippen molar-refractivity contribution in [1.82, 2.24) is 14.7 Å². The predicted molar refractivity (Wildman–Crippen MR) is 93.9 cm³/mol. The maximum absolute atomic E-state index is 13.0. The zero-order valence-electron chi connectivity index (χ0n) is 14.0. The Bertz CT molecular complexity index is 824. The van der Waals surface area contributed by atoms with Crippen LogP contribution in [-0.2, 0) is 37.1 Å². The standard InChI is InChI=1S/C18H21N3O3S/c22-17(23)6-5-12-9-13-10-20(7-8-21(13)19-12)18(24)15-11-25-16-4-2-1-3-14(15)16/h9,11H,1-8,10H2,(H,22,23). The number of carboxylic acids is 1. The number of carboxylic acid groups (broad SMARTS) is 1. The molecule has 4 rings (SSSR count). The van der Waals surface area contributed by atoms with E-state index in [9.17, 15) is 9.59 Å². The number of carbonyl (C=O) groups excluding carboxylic acids is 1. The minimum absolute atomic E-state index is 0.0835. The molecule has 0 saturated carbocycles. The first-order valence-electron chi connectivity index (χ1n) is 8.77. The maximum atomic E-state index is 13.0. The Kier molecular flexibility index (Phi) is 4.33. The molecule has 2 aromatic rings. The van der Waals surface area contributed by atoms with Gasteiger partial charge in [-0.2, -0.15) is 5.10 Å². The number of thiophene rings is 1. The highest BCUT2D eigenvalue weighted by Gasteiger charge is 2.27. The van der Waals surface area contributed by atoms with Crippen LogP contribution in [0, 0.1) is 0 Å². The molecular formula is C18H21N3O3S.